The molecule has 0 N–H and O–H groups in total. The van der Waals surface area contributed by atoms with Gasteiger partial charge in [-0.1, -0.05) is 6.07 Å². The average Bonchev–Trinajstić information content (AvgIpc) is 2.86. The summed E-state index contributed by atoms with van der Waals surface area (Å²) in [6.45, 7) is 4.71. The Balaban J connectivity index is 1.71. The fourth-order valence-corrected chi connectivity index (χ4v) is 3.04. The molecular formula is C13H18ClN3. The van der Waals surface area contributed by atoms with Gasteiger partial charge >= 0.3 is 0 Å². The molecule has 0 aromatic carbocycles. The van der Waals surface area contributed by atoms with Gasteiger partial charge in [0.25, 0.3) is 0 Å². The summed E-state index contributed by atoms with van der Waals surface area (Å²) in [6.07, 6.45) is 4.59. The SMILES string of the molecule is ClCc1ccc(N2CCN3CCCC3C2)nc1. The summed E-state index contributed by atoms with van der Waals surface area (Å²) in [4.78, 5) is 9.53. The number of nitrogens with zero attached hydrogens (tertiary/aromatic N) is 3. The number of alkyl halides is 1. The number of pyridine rings is 1. The Morgan fingerprint density at radius 1 is 1.29 bits per heavy atom. The minimum absolute atomic E-state index is 0.545. The third kappa shape index (κ3) is 2.26. The zero-order valence-electron chi connectivity index (χ0n) is 9.98. The van der Waals surface area contributed by atoms with Crippen molar-refractivity contribution in [1.29, 1.82) is 0 Å². The van der Waals surface area contributed by atoms with Crippen molar-refractivity contribution in [2.45, 2.75) is 24.8 Å². The molecule has 2 aliphatic rings. The maximum absolute atomic E-state index is 5.78. The van der Waals surface area contributed by atoms with E-state index in [1.807, 2.05) is 6.20 Å². The molecule has 2 aliphatic heterocycles. The van der Waals surface area contributed by atoms with Crippen molar-refractivity contribution < 1.29 is 0 Å². The van der Waals surface area contributed by atoms with Gasteiger partial charge in [-0.3, -0.25) is 4.90 Å². The molecule has 3 nitrogen and oxygen atoms in total. The predicted molar refractivity (Wildman–Crippen MR) is 70.6 cm³/mol. The van der Waals surface area contributed by atoms with Crippen molar-refractivity contribution in [3.63, 3.8) is 0 Å². The van der Waals surface area contributed by atoms with Crippen molar-refractivity contribution in [1.82, 2.24) is 9.88 Å². The van der Waals surface area contributed by atoms with Crippen LogP contribution in [0.4, 0.5) is 5.82 Å². The van der Waals surface area contributed by atoms with Gasteiger partial charge in [0.1, 0.15) is 5.82 Å². The summed E-state index contributed by atoms with van der Waals surface area (Å²) < 4.78 is 0. The lowest BCUT2D eigenvalue weighted by molar-refractivity contribution is 0.230. The van der Waals surface area contributed by atoms with E-state index in [1.54, 1.807) is 0 Å². The first-order valence-corrected chi connectivity index (χ1v) is 6.90. The zero-order valence-corrected chi connectivity index (χ0v) is 10.7. The van der Waals surface area contributed by atoms with Gasteiger partial charge in [-0.15, -0.1) is 11.6 Å². The number of hydrogen-bond acceptors (Lipinski definition) is 3. The zero-order chi connectivity index (χ0) is 11.7. The molecule has 3 rings (SSSR count). The minimum atomic E-state index is 0.545. The van der Waals surface area contributed by atoms with Gasteiger partial charge < -0.3 is 4.90 Å². The molecule has 1 aromatic heterocycles. The molecule has 2 saturated heterocycles. The highest BCUT2D eigenvalue weighted by Crippen LogP contribution is 2.24. The Labute approximate surface area is 107 Å². The second kappa shape index (κ2) is 4.83. The topological polar surface area (TPSA) is 19.4 Å². The molecule has 17 heavy (non-hydrogen) atoms. The van der Waals surface area contributed by atoms with Crippen LogP contribution in [0.2, 0.25) is 0 Å². The Kier molecular flexibility index (Phi) is 3.21. The maximum atomic E-state index is 5.78. The highest BCUT2D eigenvalue weighted by atomic mass is 35.5. The first-order chi connectivity index (χ1) is 8.36. The van der Waals surface area contributed by atoms with E-state index in [0.717, 1.165) is 30.5 Å². The monoisotopic (exact) mass is 251 g/mol. The highest BCUT2D eigenvalue weighted by molar-refractivity contribution is 6.17. The van der Waals surface area contributed by atoms with Crippen LogP contribution in [0.3, 0.4) is 0 Å². The van der Waals surface area contributed by atoms with Gasteiger partial charge in [-0.2, -0.15) is 0 Å². The van der Waals surface area contributed by atoms with Gasteiger partial charge in [0, 0.05) is 37.8 Å². The summed E-state index contributed by atoms with van der Waals surface area (Å²) >= 11 is 5.78. The molecule has 1 unspecified atom stereocenters. The number of fused-ring (bicyclic) bond motifs is 1. The third-order valence-corrected chi connectivity index (χ3v) is 4.18. The van der Waals surface area contributed by atoms with Crippen LogP contribution in [0.25, 0.3) is 0 Å². The van der Waals surface area contributed by atoms with Crippen LogP contribution < -0.4 is 4.90 Å². The summed E-state index contributed by atoms with van der Waals surface area (Å²) in [5, 5.41) is 0. The number of piperazine rings is 1. The second-order valence-corrected chi connectivity index (χ2v) is 5.20. The summed E-state index contributed by atoms with van der Waals surface area (Å²) in [7, 11) is 0. The van der Waals surface area contributed by atoms with Gasteiger partial charge in [0.05, 0.1) is 0 Å². The standard InChI is InChI=1S/C13H18ClN3/c14-8-11-3-4-13(15-9-11)17-7-6-16-5-1-2-12(16)10-17/h3-4,9,12H,1-2,5-8,10H2. The van der Waals surface area contributed by atoms with E-state index >= 15 is 0 Å². The largest absolute Gasteiger partial charge is 0.354 e. The van der Waals surface area contributed by atoms with E-state index in [2.05, 4.69) is 26.9 Å². The van der Waals surface area contributed by atoms with Crippen molar-refractivity contribution in [3.8, 4) is 0 Å². The van der Waals surface area contributed by atoms with Crippen molar-refractivity contribution >= 4 is 17.4 Å². The smallest absolute Gasteiger partial charge is 0.128 e. The van der Waals surface area contributed by atoms with Crippen LogP contribution >= 0.6 is 11.6 Å². The molecule has 0 amide bonds. The fourth-order valence-electron chi connectivity index (χ4n) is 2.88. The lowest BCUT2D eigenvalue weighted by atomic mass is 10.1. The van der Waals surface area contributed by atoms with E-state index in [4.69, 9.17) is 11.6 Å². The van der Waals surface area contributed by atoms with Crippen LogP contribution in [0.15, 0.2) is 18.3 Å². The molecule has 0 spiro atoms. The van der Waals surface area contributed by atoms with E-state index in [9.17, 15) is 0 Å². The first kappa shape index (κ1) is 11.3. The van der Waals surface area contributed by atoms with Crippen LogP contribution in [0, 0.1) is 0 Å². The Bertz CT molecular complexity index is 379. The van der Waals surface area contributed by atoms with Crippen molar-refractivity contribution in [2.75, 3.05) is 31.1 Å². The third-order valence-electron chi connectivity index (χ3n) is 3.87. The average molecular weight is 252 g/mol. The molecule has 3 heterocycles. The molecule has 1 aromatic rings. The van der Waals surface area contributed by atoms with Gasteiger partial charge in [-0.05, 0) is 31.0 Å². The molecule has 92 valence electrons. The molecular weight excluding hydrogens is 234 g/mol. The molecule has 0 aliphatic carbocycles. The summed E-state index contributed by atoms with van der Waals surface area (Å²) in [5.74, 6) is 1.65. The number of anilines is 1. The molecule has 0 saturated carbocycles. The normalized spacial score (nSPS) is 25.0. The highest BCUT2D eigenvalue weighted by Gasteiger charge is 2.30. The first-order valence-electron chi connectivity index (χ1n) is 6.37. The van der Waals surface area contributed by atoms with Crippen LogP contribution in [0.5, 0.6) is 0 Å². The van der Waals surface area contributed by atoms with E-state index in [1.165, 1.54) is 25.9 Å². The number of hydrogen-bond donors (Lipinski definition) is 0. The quantitative estimate of drug-likeness (QED) is 0.751. The molecule has 4 heteroatoms. The predicted octanol–water partition coefficient (Wildman–Crippen LogP) is 2.10. The van der Waals surface area contributed by atoms with Crippen molar-refractivity contribution in [3.05, 3.63) is 23.9 Å². The van der Waals surface area contributed by atoms with E-state index < -0.39 is 0 Å². The summed E-state index contributed by atoms with van der Waals surface area (Å²) in [5.41, 5.74) is 1.09. The molecule has 0 bridgehead atoms. The van der Waals surface area contributed by atoms with E-state index in [0.29, 0.717) is 5.88 Å². The lowest BCUT2D eigenvalue weighted by Gasteiger charge is -2.38. The second-order valence-electron chi connectivity index (χ2n) is 4.94. The van der Waals surface area contributed by atoms with E-state index in [-0.39, 0.29) is 0 Å². The number of rotatable bonds is 2. The van der Waals surface area contributed by atoms with Gasteiger partial charge in [0.15, 0.2) is 0 Å². The Morgan fingerprint density at radius 2 is 2.24 bits per heavy atom. The van der Waals surface area contributed by atoms with Crippen molar-refractivity contribution in [2.24, 2.45) is 0 Å². The minimum Gasteiger partial charge on any atom is -0.354 e. The Hall–Kier alpha value is -0.800. The molecule has 1 atom stereocenters. The number of aromatic nitrogens is 1. The maximum Gasteiger partial charge on any atom is 0.128 e. The van der Waals surface area contributed by atoms with Crippen LogP contribution in [-0.2, 0) is 5.88 Å². The van der Waals surface area contributed by atoms with Gasteiger partial charge in [-0.25, -0.2) is 4.98 Å². The summed E-state index contributed by atoms with van der Waals surface area (Å²) in [6, 6.07) is 4.93. The lowest BCUT2D eigenvalue weighted by Crippen LogP contribution is -2.50. The number of halogens is 1. The fraction of sp³-hybridized carbons (Fsp3) is 0.615. The van der Waals surface area contributed by atoms with Crippen LogP contribution in [0.1, 0.15) is 18.4 Å². The molecule has 0 radical (unpaired) electrons. The van der Waals surface area contributed by atoms with Gasteiger partial charge in [0.2, 0.25) is 0 Å². The van der Waals surface area contributed by atoms with Crippen LogP contribution in [-0.4, -0.2) is 42.1 Å². The Morgan fingerprint density at radius 3 is 3.00 bits per heavy atom. The molecule has 2 fully saturated rings.